The van der Waals surface area contributed by atoms with Crippen LogP contribution in [0.5, 0.6) is 0 Å². The van der Waals surface area contributed by atoms with E-state index in [9.17, 15) is 22.8 Å². The molecule has 0 radical (unpaired) electrons. The van der Waals surface area contributed by atoms with Crippen LogP contribution in [0.3, 0.4) is 0 Å². The highest BCUT2D eigenvalue weighted by Gasteiger charge is 2.26. The van der Waals surface area contributed by atoms with Gasteiger partial charge < -0.3 is 14.5 Å². The second kappa shape index (κ2) is 8.60. The maximum atomic E-state index is 12.7. The summed E-state index contributed by atoms with van der Waals surface area (Å²) in [5.41, 5.74) is 1.72. The first kappa shape index (κ1) is 22.4. The van der Waals surface area contributed by atoms with Gasteiger partial charge in [0, 0.05) is 17.6 Å². The van der Waals surface area contributed by atoms with Crippen molar-refractivity contribution in [1.29, 1.82) is 0 Å². The minimum Gasteiger partial charge on any atom is -0.462 e. The summed E-state index contributed by atoms with van der Waals surface area (Å²) in [6.45, 7) is 6.10. The number of aromatic nitrogens is 1. The van der Waals surface area contributed by atoms with Crippen molar-refractivity contribution < 1.29 is 32.3 Å². The molecule has 0 saturated heterocycles. The van der Waals surface area contributed by atoms with Crippen LogP contribution in [-0.2, 0) is 19.3 Å². The van der Waals surface area contributed by atoms with Crippen molar-refractivity contribution in [2.45, 2.75) is 32.6 Å². The van der Waals surface area contributed by atoms with Gasteiger partial charge >= 0.3 is 11.9 Å². The Balaban J connectivity index is 2.25. The number of aromatic amines is 1. The smallest absolute Gasteiger partial charge is 0.340 e. The molecule has 0 saturated carbocycles. The summed E-state index contributed by atoms with van der Waals surface area (Å²) in [5.74, 6) is -2.04. The van der Waals surface area contributed by atoms with Crippen molar-refractivity contribution in [3.63, 3.8) is 0 Å². The van der Waals surface area contributed by atoms with Gasteiger partial charge in [-0.2, -0.15) is 0 Å². The topological polar surface area (TPSA) is 120 Å². The Morgan fingerprint density at radius 1 is 0.966 bits per heavy atom. The monoisotopic (exact) mass is 421 g/mol. The van der Waals surface area contributed by atoms with Crippen LogP contribution >= 0.6 is 0 Å². The van der Waals surface area contributed by atoms with E-state index in [1.807, 2.05) is 0 Å². The molecule has 1 heterocycles. The number of esters is 2. The standard InChI is InChI=1S/C20H23NO7S/c1-6-27-20(24)18-13(4)21-12(3)17(18)16(22)10-28-19(23)15-9-14(29(5,25)26)8-7-11(15)2/h7-9,21H,6,10H2,1-5H3. The zero-order valence-corrected chi connectivity index (χ0v) is 17.7. The first-order valence-electron chi connectivity index (χ1n) is 8.84. The number of ether oxygens (including phenoxy) is 2. The summed E-state index contributed by atoms with van der Waals surface area (Å²) in [7, 11) is -3.50. The van der Waals surface area contributed by atoms with Crippen LogP contribution in [0.1, 0.15) is 54.9 Å². The van der Waals surface area contributed by atoms with Gasteiger partial charge in [0.25, 0.3) is 0 Å². The van der Waals surface area contributed by atoms with Gasteiger partial charge in [-0.3, -0.25) is 4.79 Å². The Bertz CT molecular complexity index is 1080. The number of sulfone groups is 1. The fourth-order valence-electron chi connectivity index (χ4n) is 2.92. The number of Topliss-reactive ketones (excluding diaryl/α,β-unsaturated/α-hetero) is 1. The van der Waals surface area contributed by atoms with Crippen molar-refractivity contribution in [2.75, 3.05) is 19.5 Å². The lowest BCUT2D eigenvalue weighted by molar-refractivity contribution is 0.0471. The third-order valence-electron chi connectivity index (χ3n) is 4.32. The van der Waals surface area contributed by atoms with E-state index in [1.54, 1.807) is 27.7 Å². The van der Waals surface area contributed by atoms with Gasteiger partial charge in [0.1, 0.15) is 0 Å². The van der Waals surface area contributed by atoms with E-state index in [0.29, 0.717) is 17.0 Å². The molecule has 2 rings (SSSR count). The van der Waals surface area contributed by atoms with Gasteiger partial charge in [-0.15, -0.1) is 0 Å². The molecule has 0 fully saturated rings. The largest absolute Gasteiger partial charge is 0.462 e. The number of rotatable bonds is 7. The fourth-order valence-corrected chi connectivity index (χ4v) is 3.57. The Morgan fingerprint density at radius 2 is 1.59 bits per heavy atom. The molecule has 29 heavy (non-hydrogen) atoms. The van der Waals surface area contributed by atoms with Crippen LogP contribution in [0.25, 0.3) is 0 Å². The van der Waals surface area contributed by atoms with Gasteiger partial charge in [-0.05, 0) is 45.4 Å². The maximum absolute atomic E-state index is 12.7. The molecule has 2 aromatic rings. The molecule has 0 unspecified atom stereocenters. The first-order chi connectivity index (χ1) is 13.5. The number of carbonyl (C=O) groups excluding carboxylic acids is 3. The van der Waals surface area contributed by atoms with Crippen LogP contribution in [0.15, 0.2) is 23.1 Å². The molecule has 0 aliphatic carbocycles. The summed E-state index contributed by atoms with van der Waals surface area (Å²) in [5, 5.41) is 0. The van der Waals surface area contributed by atoms with Crippen molar-refractivity contribution in [1.82, 2.24) is 4.98 Å². The summed E-state index contributed by atoms with van der Waals surface area (Å²) in [6.07, 6.45) is 1.03. The molecule has 0 bridgehead atoms. The fraction of sp³-hybridized carbons (Fsp3) is 0.350. The van der Waals surface area contributed by atoms with E-state index < -0.39 is 34.2 Å². The van der Waals surface area contributed by atoms with Crippen LogP contribution in [0.4, 0.5) is 0 Å². The minimum absolute atomic E-state index is 0.0249. The van der Waals surface area contributed by atoms with E-state index in [-0.39, 0.29) is 28.2 Å². The SMILES string of the molecule is CCOC(=O)c1c(C)[nH]c(C)c1C(=O)COC(=O)c1cc(S(C)(=O)=O)ccc1C. The minimum atomic E-state index is -3.50. The lowest BCUT2D eigenvalue weighted by Crippen LogP contribution is -2.18. The lowest BCUT2D eigenvalue weighted by Gasteiger charge is -2.09. The zero-order valence-electron chi connectivity index (χ0n) is 16.9. The molecule has 156 valence electrons. The molecule has 8 nitrogen and oxygen atoms in total. The van der Waals surface area contributed by atoms with Crippen molar-refractivity contribution in [2.24, 2.45) is 0 Å². The molecule has 1 aromatic heterocycles. The van der Waals surface area contributed by atoms with Crippen molar-refractivity contribution >= 4 is 27.6 Å². The molecule has 0 aliphatic heterocycles. The molecule has 9 heteroatoms. The lowest BCUT2D eigenvalue weighted by atomic mass is 10.1. The molecule has 0 amide bonds. The van der Waals surface area contributed by atoms with Gasteiger partial charge in [0.15, 0.2) is 16.4 Å². The van der Waals surface area contributed by atoms with Gasteiger partial charge in [0.05, 0.1) is 28.2 Å². The summed E-state index contributed by atoms with van der Waals surface area (Å²) < 4.78 is 33.5. The maximum Gasteiger partial charge on any atom is 0.340 e. The van der Waals surface area contributed by atoms with Crippen LogP contribution in [0, 0.1) is 20.8 Å². The predicted octanol–water partition coefficient (Wildman–Crippen LogP) is 2.56. The number of carbonyl (C=O) groups is 3. The molecule has 1 aromatic carbocycles. The third kappa shape index (κ3) is 4.92. The van der Waals surface area contributed by atoms with E-state index in [0.717, 1.165) is 6.26 Å². The second-order valence-corrected chi connectivity index (χ2v) is 8.61. The van der Waals surface area contributed by atoms with E-state index in [4.69, 9.17) is 9.47 Å². The summed E-state index contributed by atoms with van der Waals surface area (Å²) >= 11 is 0. The van der Waals surface area contributed by atoms with Crippen molar-refractivity contribution in [3.05, 3.63) is 51.8 Å². The third-order valence-corrected chi connectivity index (χ3v) is 5.44. The van der Waals surface area contributed by atoms with Crippen LogP contribution < -0.4 is 0 Å². The molecule has 0 atom stereocenters. The summed E-state index contributed by atoms with van der Waals surface area (Å²) in [6, 6.07) is 4.10. The first-order valence-corrected chi connectivity index (χ1v) is 10.7. The number of hydrogen-bond acceptors (Lipinski definition) is 7. The van der Waals surface area contributed by atoms with E-state index in [1.165, 1.54) is 18.2 Å². The Hall–Kier alpha value is -2.94. The zero-order chi connectivity index (χ0) is 21.9. The Kier molecular flexibility index (Phi) is 6.63. The second-order valence-electron chi connectivity index (χ2n) is 6.59. The number of hydrogen-bond donors (Lipinski definition) is 1. The number of H-pyrrole nitrogens is 1. The molecular weight excluding hydrogens is 398 g/mol. The van der Waals surface area contributed by atoms with Crippen LogP contribution in [-0.4, -0.2) is 50.6 Å². The van der Waals surface area contributed by atoms with Gasteiger partial charge in [-0.25, -0.2) is 18.0 Å². The highest BCUT2D eigenvalue weighted by atomic mass is 32.2. The summed E-state index contributed by atoms with van der Waals surface area (Å²) in [4.78, 5) is 40.2. The molecule has 0 aliphatic rings. The quantitative estimate of drug-likeness (QED) is 0.539. The molecule has 0 spiro atoms. The number of benzene rings is 1. The van der Waals surface area contributed by atoms with E-state index in [2.05, 4.69) is 4.98 Å². The molecule has 1 N–H and O–H groups in total. The number of nitrogens with one attached hydrogen (secondary N) is 1. The average molecular weight is 421 g/mol. The Morgan fingerprint density at radius 3 is 2.17 bits per heavy atom. The highest BCUT2D eigenvalue weighted by Crippen LogP contribution is 2.21. The van der Waals surface area contributed by atoms with Gasteiger partial charge in [0.2, 0.25) is 5.78 Å². The van der Waals surface area contributed by atoms with Crippen molar-refractivity contribution in [3.8, 4) is 0 Å². The number of aryl methyl sites for hydroxylation is 3. The Labute approximate surface area is 169 Å². The van der Waals surface area contributed by atoms with Gasteiger partial charge in [-0.1, -0.05) is 6.07 Å². The normalized spacial score (nSPS) is 11.2. The predicted molar refractivity (Wildman–Crippen MR) is 105 cm³/mol. The van der Waals surface area contributed by atoms with E-state index >= 15 is 0 Å². The van der Waals surface area contributed by atoms with Crippen LogP contribution in [0.2, 0.25) is 0 Å². The molecular formula is C20H23NO7S. The average Bonchev–Trinajstić information content (AvgIpc) is 2.93. The number of ketones is 1. The highest BCUT2D eigenvalue weighted by molar-refractivity contribution is 7.90.